The van der Waals surface area contributed by atoms with E-state index in [2.05, 4.69) is 19.2 Å². The molecule has 0 amide bonds. The van der Waals surface area contributed by atoms with Gasteiger partial charge in [-0.15, -0.1) is 0 Å². The third-order valence-corrected chi connectivity index (χ3v) is 7.47. The molecule has 0 heterocycles. The number of hydrogen-bond donors (Lipinski definition) is 0. The fourth-order valence-electron chi connectivity index (χ4n) is 3.79. The molecule has 0 radical (unpaired) electrons. The minimum Gasteiger partial charge on any atom is -0.494 e. The van der Waals surface area contributed by atoms with Gasteiger partial charge < -0.3 is 9.47 Å². The zero-order valence-electron chi connectivity index (χ0n) is 20.7. The topological polar surface area (TPSA) is 69.7 Å². The second-order valence-corrected chi connectivity index (χ2v) is 10.4. The van der Waals surface area contributed by atoms with Crippen molar-refractivity contribution in [2.24, 2.45) is 0 Å². The number of hydrogen-bond acceptors (Lipinski definition) is 7. The molecule has 0 spiro atoms. The average Bonchev–Trinajstić information content (AvgIpc) is 2.94. The molecule has 0 saturated carbocycles. The second-order valence-electron chi connectivity index (χ2n) is 8.30. The summed E-state index contributed by atoms with van der Waals surface area (Å²) < 4.78 is 10.8. The Bertz CT molecular complexity index is 1510. The molecule has 4 aromatic carbocycles. The van der Waals surface area contributed by atoms with Gasteiger partial charge in [-0.3, -0.25) is 9.59 Å². The molecule has 0 bridgehead atoms. The molecule has 0 unspecified atom stereocenters. The van der Waals surface area contributed by atoms with Crippen LogP contribution in [0.4, 0.5) is 0 Å². The lowest BCUT2D eigenvalue weighted by atomic mass is 10.0. The molecule has 0 aliphatic rings. The highest BCUT2D eigenvalue weighted by Gasteiger charge is 2.11. The molecular weight excluding hydrogens is 516 g/mol. The van der Waals surface area contributed by atoms with Gasteiger partial charge >= 0.3 is 5.97 Å². The maximum atomic E-state index is 12.8. The molecule has 0 aliphatic heterocycles. The average molecular weight is 543 g/mol. The quantitative estimate of drug-likeness (QED) is 0.0635. The van der Waals surface area contributed by atoms with E-state index in [9.17, 15) is 14.4 Å². The third kappa shape index (κ3) is 7.15. The lowest BCUT2D eigenvalue weighted by Crippen LogP contribution is -2.04. The van der Waals surface area contributed by atoms with E-state index >= 15 is 0 Å². The first-order chi connectivity index (χ1) is 18.5. The summed E-state index contributed by atoms with van der Waals surface area (Å²) in [6.45, 7) is 7.73. The van der Waals surface area contributed by atoms with Crippen LogP contribution in [-0.2, 0) is 14.3 Å². The van der Waals surface area contributed by atoms with Crippen LogP contribution in [0.5, 0.6) is 5.75 Å². The zero-order chi connectivity index (χ0) is 26.9. The van der Waals surface area contributed by atoms with Crippen molar-refractivity contribution in [1.29, 1.82) is 0 Å². The van der Waals surface area contributed by atoms with Gasteiger partial charge in [0.15, 0.2) is 0 Å². The molecule has 5 nitrogen and oxygen atoms in total. The Hall–Kier alpha value is -3.81. The number of thioether (sulfide) groups is 2. The summed E-state index contributed by atoms with van der Waals surface area (Å²) in [6.07, 6.45) is 3.93. The van der Waals surface area contributed by atoms with Crippen LogP contribution in [0.1, 0.15) is 23.2 Å². The van der Waals surface area contributed by atoms with Crippen molar-refractivity contribution in [3.05, 3.63) is 104 Å². The molecule has 4 aromatic rings. The van der Waals surface area contributed by atoms with Crippen LogP contribution in [0, 0.1) is 0 Å². The van der Waals surface area contributed by atoms with E-state index in [0.717, 1.165) is 67.8 Å². The first-order valence-corrected chi connectivity index (χ1v) is 13.6. The minimum atomic E-state index is -0.409. The van der Waals surface area contributed by atoms with Crippen LogP contribution in [0.25, 0.3) is 21.5 Å². The van der Waals surface area contributed by atoms with Crippen LogP contribution >= 0.6 is 23.5 Å². The van der Waals surface area contributed by atoms with Crippen LogP contribution in [-0.4, -0.2) is 29.4 Å². The van der Waals surface area contributed by atoms with Gasteiger partial charge in [-0.05, 0) is 113 Å². The molecular formula is C31H26O5S2. The Kier molecular flexibility index (Phi) is 9.40. The number of unbranched alkanes of at least 4 members (excludes halogenated alkanes) is 1. The zero-order valence-corrected chi connectivity index (χ0v) is 22.3. The van der Waals surface area contributed by atoms with Gasteiger partial charge in [0.1, 0.15) is 5.75 Å². The highest BCUT2D eigenvalue weighted by atomic mass is 32.2. The Labute approximate surface area is 229 Å². The van der Waals surface area contributed by atoms with Crippen molar-refractivity contribution >= 4 is 61.3 Å². The van der Waals surface area contributed by atoms with E-state index in [1.54, 1.807) is 24.3 Å². The Morgan fingerprint density at radius 3 is 2.08 bits per heavy atom. The maximum absolute atomic E-state index is 12.8. The van der Waals surface area contributed by atoms with Crippen molar-refractivity contribution in [2.75, 3.05) is 13.2 Å². The lowest BCUT2D eigenvalue weighted by molar-refractivity contribution is -0.137. The van der Waals surface area contributed by atoms with Crippen LogP contribution in [0.3, 0.4) is 0 Å². The number of esters is 1. The smallest absolute Gasteiger partial charge is 0.330 e. The van der Waals surface area contributed by atoms with Gasteiger partial charge in [0.05, 0.1) is 13.2 Å². The Morgan fingerprint density at radius 2 is 1.37 bits per heavy atom. The first-order valence-electron chi connectivity index (χ1n) is 12.0. The molecule has 192 valence electrons. The van der Waals surface area contributed by atoms with Gasteiger partial charge in [0, 0.05) is 21.4 Å². The number of rotatable bonds is 11. The summed E-state index contributed by atoms with van der Waals surface area (Å²) in [7, 11) is 0. The third-order valence-electron chi connectivity index (χ3n) is 5.68. The summed E-state index contributed by atoms with van der Waals surface area (Å²) in [4.78, 5) is 37.0. The molecule has 0 aliphatic carbocycles. The summed E-state index contributed by atoms with van der Waals surface area (Å²) >= 11 is 2.26. The second kappa shape index (κ2) is 13.1. The highest BCUT2D eigenvalue weighted by molar-refractivity contribution is 8.14. The molecule has 0 aromatic heterocycles. The fraction of sp³-hybridized carbons (Fsp3) is 0.129. The van der Waals surface area contributed by atoms with Crippen LogP contribution in [0.15, 0.2) is 108 Å². The van der Waals surface area contributed by atoms with Gasteiger partial charge in [-0.25, -0.2) is 4.79 Å². The maximum Gasteiger partial charge on any atom is 0.330 e. The number of carbonyl (C=O) groups excluding carboxylic acids is 3. The molecule has 38 heavy (non-hydrogen) atoms. The largest absolute Gasteiger partial charge is 0.494 e. The summed E-state index contributed by atoms with van der Waals surface area (Å²) in [5.41, 5.74) is 0.578. The van der Waals surface area contributed by atoms with Gasteiger partial charge in [-0.1, -0.05) is 37.4 Å². The Morgan fingerprint density at radius 1 is 0.711 bits per heavy atom. The van der Waals surface area contributed by atoms with Gasteiger partial charge in [0.25, 0.3) is 0 Å². The van der Waals surface area contributed by atoms with Crippen LogP contribution in [0.2, 0.25) is 0 Å². The van der Waals surface area contributed by atoms with Crippen molar-refractivity contribution in [3.8, 4) is 5.75 Å². The molecule has 7 heteroatoms. The van der Waals surface area contributed by atoms with Crippen molar-refractivity contribution in [2.45, 2.75) is 22.6 Å². The predicted octanol–water partition coefficient (Wildman–Crippen LogP) is 7.62. The van der Waals surface area contributed by atoms with Crippen molar-refractivity contribution < 1.29 is 23.9 Å². The standard InChI is InChI=1S/C31H26O5S2/c1-3-29(32)36-18-6-5-17-35-24-11-15-27-22(19-24)7-8-23-20-26(14-16-28(23)27)38-31(34)21-9-12-25(13-10-21)37-30(33)4-2/h3-4,7-16,19-20H,1-2,5-6,17-18H2. The molecule has 0 fully saturated rings. The minimum absolute atomic E-state index is 0.0580. The number of ether oxygens (including phenoxy) is 2. The van der Waals surface area contributed by atoms with Crippen molar-refractivity contribution in [1.82, 2.24) is 0 Å². The van der Waals surface area contributed by atoms with E-state index in [1.165, 1.54) is 17.8 Å². The molecule has 4 rings (SSSR count). The van der Waals surface area contributed by atoms with E-state index in [-0.39, 0.29) is 10.2 Å². The number of carbonyl (C=O) groups is 3. The van der Waals surface area contributed by atoms with E-state index in [4.69, 9.17) is 9.47 Å². The monoisotopic (exact) mass is 542 g/mol. The number of benzene rings is 4. The highest BCUT2D eigenvalue weighted by Crippen LogP contribution is 2.32. The summed E-state index contributed by atoms with van der Waals surface area (Å²) in [5.74, 6) is 0.379. The molecule has 0 saturated heterocycles. The van der Waals surface area contributed by atoms with E-state index in [1.807, 2.05) is 42.5 Å². The van der Waals surface area contributed by atoms with Gasteiger partial charge in [0.2, 0.25) is 10.2 Å². The van der Waals surface area contributed by atoms with Crippen molar-refractivity contribution in [3.63, 3.8) is 0 Å². The van der Waals surface area contributed by atoms with Gasteiger partial charge in [-0.2, -0.15) is 0 Å². The summed E-state index contributed by atoms with van der Waals surface area (Å²) in [6, 6.07) is 23.2. The fourth-order valence-corrected chi connectivity index (χ4v) is 5.17. The SMILES string of the molecule is C=CC(=O)OCCCCOc1ccc2c(ccc3cc(SC(=O)c4ccc(SC(=O)C=C)cc4)ccc32)c1. The first kappa shape index (κ1) is 27.2. The van der Waals surface area contributed by atoms with Crippen LogP contribution < -0.4 is 4.74 Å². The normalized spacial score (nSPS) is 10.7. The molecule has 0 atom stereocenters. The summed E-state index contributed by atoms with van der Waals surface area (Å²) in [5, 5.41) is 4.13. The molecule has 0 N–H and O–H groups in total. The number of fused-ring (bicyclic) bond motifs is 3. The Balaban J connectivity index is 1.38. The lowest BCUT2D eigenvalue weighted by Gasteiger charge is -2.10. The van der Waals surface area contributed by atoms with E-state index in [0.29, 0.717) is 18.8 Å². The predicted molar refractivity (Wildman–Crippen MR) is 155 cm³/mol. The van der Waals surface area contributed by atoms with E-state index < -0.39 is 5.97 Å².